The van der Waals surface area contributed by atoms with Crippen LogP contribution in [0.2, 0.25) is 0 Å². The Hall–Kier alpha value is -0.0900. The maximum atomic E-state index is 4.31. The van der Waals surface area contributed by atoms with Crippen LogP contribution < -0.4 is 5.32 Å². The van der Waals surface area contributed by atoms with Crippen LogP contribution in [0.4, 0.5) is 0 Å². The summed E-state index contributed by atoms with van der Waals surface area (Å²) in [5.74, 6) is 0. The van der Waals surface area contributed by atoms with E-state index in [-0.39, 0.29) is 0 Å². The summed E-state index contributed by atoms with van der Waals surface area (Å²) < 4.78 is 1.36. The van der Waals surface area contributed by atoms with Crippen LogP contribution in [0, 0.1) is 3.57 Å². The highest BCUT2D eigenvalue weighted by Crippen LogP contribution is 2.21. The Morgan fingerprint density at radius 2 is 2.20 bits per heavy atom. The minimum atomic E-state index is 0.923. The quantitative estimate of drug-likeness (QED) is 0.619. The normalized spacial score (nSPS) is 15.3. The minimum Gasteiger partial charge on any atom is -0.232 e. The van der Waals surface area contributed by atoms with Gasteiger partial charge in [0.25, 0.3) is 0 Å². The van der Waals surface area contributed by atoms with Crippen molar-refractivity contribution in [1.29, 1.82) is 0 Å². The summed E-state index contributed by atoms with van der Waals surface area (Å²) in [5, 5.41) is 4.31. The minimum absolute atomic E-state index is 0.923. The SMILES string of the molecule is Ic1cccc2c1C[N]C2. The van der Waals surface area contributed by atoms with Crippen molar-refractivity contribution in [3.63, 3.8) is 0 Å². The van der Waals surface area contributed by atoms with Crippen molar-refractivity contribution in [3.05, 3.63) is 32.9 Å². The first-order valence-electron chi connectivity index (χ1n) is 3.27. The molecule has 0 aliphatic carbocycles. The third kappa shape index (κ3) is 0.953. The maximum Gasteiger partial charge on any atom is 0.0401 e. The zero-order valence-corrected chi connectivity index (χ0v) is 7.63. The summed E-state index contributed by atoms with van der Waals surface area (Å²) in [6.07, 6.45) is 0. The number of hydrogen-bond donors (Lipinski definition) is 0. The molecule has 1 aliphatic heterocycles. The van der Waals surface area contributed by atoms with Crippen molar-refractivity contribution >= 4 is 22.6 Å². The lowest BCUT2D eigenvalue weighted by Gasteiger charge is -1.97. The van der Waals surface area contributed by atoms with Gasteiger partial charge in [0.15, 0.2) is 0 Å². The molecule has 0 spiro atoms. The summed E-state index contributed by atoms with van der Waals surface area (Å²) in [6, 6.07) is 6.40. The molecule has 1 heterocycles. The highest BCUT2D eigenvalue weighted by atomic mass is 127. The van der Waals surface area contributed by atoms with Crippen LogP contribution in [-0.2, 0) is 13.1 Å². The van der Waals surface area contributed by atoms with Crippen LogP contribution in [0.1, 0.15) is 11.1 Å². The summed E-state index contributed by atoms with van der Waals surface area (Å²) in [6.45, 7) is 1.85. The second-order valence-electron chi connectivity index (χ2n) is 2.42. The Bertz CT molecular complexity index is 257. The maximum absolute atomic E-state index is 4.31. The van der Waals surface area contributed by atoms with Gasteiger partial charge in [0.1, 0.15) is 0 Å². The molecular formula is C8H7IN. The largest absolute Gasteiger partial charge is 0.232 e. The van der Waals surface area contributed by atoms with Crippen molar-refractivity contribution in [2.45, 2.75) is 13.1 Å². The third-order valence-corrected chi connectivity index (χ3v) is 2.78. The van der Waals surface area contributed by atoms with Crippen LogP contribution in [0.5, 0.6) is 0 Å². The Kier molecular flexibility index (Phi) is 1.66. The van der Waals surface area contributed by atoms with Gasteiger partial charge < -0.3 is 0 Å². The molecule has 0 N–H and O–H groups in total. The number of benzene rings is 1. The lowest BCUT2D eigenvalue weighted by molar-refractivity contribution is 0.745. The molecule has 0 atom stereocenters. The van der Waals surface area contributed by atoms with Crippen molar-refractivity contribution in [3.8, 4) is 0 Å². The number of halogens is 1. The number of hydrogen-bond acceptors (Lipinski definition) is 0. The van der Waals surface area contributed by atoms with E-state index in [4.69, 9.17) is 0 Å². The summed E-state index contributed by atoms with van der Waals surface area (Å²) in [4.78, 5) is 0. The van der Waals surface area contributed by atoms with Crippen molar-refractivity contribution in [2.75, 3.05) is 0 Å². The van der Waals surface area contributed by atoms with Crippen LogP contribution >= 0.6 is 22.6 Å². The van der Waals surface area contributed by atoms with Crippen LogP contribution in [0.3, 0.4) is 0 Å². The Labute approximate surface area is 74.0 Å². The van der Waals surface area contributed by atoms with E-state index >= 15 is 0 Å². The molecule has 2 rings (SSSR count). The van der Waals surface area contributed by atoms with Gasteiger partial charge in [-0.3, -0.25) is 0 Å². The highest BCUT2D eigenvalue weighted by molar-refractivity contribution is 14.1. The van der Waals surface area contributed by atoms with Gasteiger partial charge in [0.2, 0.25) is 0 Å². The zero-order valence-electron chi connectivity index (χ0n) is 5.47. The predicted molar refractivity (Wildman–Crippen MR) is 48.7 cm³/mol. The molecular weight excluding hydrogens is 237 g/mol. The summed E-state index contributed by atoms with van der Waals surface area (Å²) in [7, 11) is 0. The molecule has 2 heteroatoms. The lowest BCUT2D eigenvalue weighted by atomic mass is 10.1. The van der Waals surface area contributed by atoms with E-state index < -0.39 is 0 Å². The van der Waals surface area contributed by atoms with Gasteiger partial charge in [-0.2, -0.15) is 0 Å². The van der Waals surface area contributed by atoms with Gasteiger partial charge in [-0.1, -0.05) is 12.1 Å². The molecule has 1 radical (unpaired) electrons. The van der Waals surface area contributed by atoms with Gasteiger partial charge in [-0.05, 0) is 39.8 Å². The molecule has 1 aliphatic rings. The molecule has 0 bridgehead atoms. The second kappa shape index (κ2) is 2.51. The average Bonchev–Trinajstić information content (AvgIpc) is 2.36. The first-order valence-corrected chi connectivity index (χ1v) is 4.35. The van der Waals surface area contributed by atoms with Gasteiger partial charge in [-0.15, -0.1) is 0 Å². The fraction of sp³-hybridized carbons (Fsp3) is 0.250. The van der Waals surface area contributed by atoms with E-state index in [2.05, 4.69) is 46.1 Å². The highest BCUT2D eigenvalue weighted by Gasteiger charge is 2.12. The molecule has 0 fully saturated rings. The molecule has 10 heavy (non-hydrogen) atoms. The van der Waals surface area contributed by atoms with E-state index in [1.54, 1.807) is 0 Å². The standard InChI is InChI=1S/C8H7IN/c9-8-3-1-2-6-4-10-5-7(6)8/h1-3H,4-5H2. The number of fused-ring (bicyclic) bond motifs is 1. The van der Waals surface area contributed by atoms with Crippen LogP contribution in [-0.4, -0.2) is 0 Å². The van der Waals surface area contributed by atoms with Crippen molar-refractivity contribution in [2.24, 2.45) is 0 Å². The second-order valence-corrected chi connectivity index (χ2v) is 3.58. The summed E-state index contributed by atoms with van der Waals surface area (Å²) >= 11 is 2.37. The molecule has 51 valence electrons. The van der Waals surface area contributed by atoms with Crippen LogP contribution in [0.15, 0.2) is 18.2 Å². The lowest BCUT2D eigenvalue weighted by Crippen LogP contribution is -1.89. The Balaban J connectivity index is 2.59. The number of nitrogens with zero attached hydrogens (tertiary/aromatic N) is 1. The van der Waals surface area contributed by atoms with Gasteiger partial charge >= 0.3 is 0 Å². The molecule has 1 nitrogen and oxygen atoms in total. The molecule has 1 aromatic carbocycles. The van der Waals surface area contributed by atoms with Gasteiger partial charge in [0.05, 0.1) is 0 Å². The molecule has 0 aromatic heterocycles. The van der Waals surface area contributed by atoms with Crippen LogP contribution in [0.25, 0.3) is 0 Å². The molecule has 0 unspecified atom stereocenters. The Morgan fingerprint density at radius 3 is 3.00 bits per heavy atom. The van der Waals surface area contributed by atoms with E-state index in [1.165, 1.54) is 14.7 Å². The van der Waals surface area contributed by atoms with Gasteiger partial charge in [0, 0.05) is 16.7 Å². The summed E-state index contributed by atoms with van der Waals surface area (Å²) in [5.41, 5.74) is 2.84. The van der Waals surface area contributed by atoms with Gasteiger partial charge in [-0.25, -0.2) is 5.32 Å². The molecule has 0 saturated heterocycles. The molecule has 0 saturated carbocycles. The molecule has 1 aromatic rings. The fourth-order valence-electron chi connectivity index (χ4n) is 1.22. The average molecular weight is 244 g/mol. The first kappa shape index (κ1) is 6.61. The smallest absolute Gasteiger partial charge is 0.0401 e. The Morgan fingerprint density at radius 1 is 1.30 bits per heavy atom. The monoisotopic (exact) mass is 244 g/mol. The first-order chi connectivity index (χ1) is 4.88. The van der Waals surface area contributed by atoms with E-state index in [0.717, 1.165) is 13.1 Å². The van der Waals surface area contributed by atoms with E-state index in [1.807, 2.05) is 0 Å². The predicted octanol–water partition coefficient (Wildman–Crippen LogP) is 1.91. The van der Waals surface area contributed by atoms with E-state index in [0.29, 0.717) is 0 Å². The third-order valence-electron chi connectivity index (χ3n) is 1.77. The topological polar surface area (TPSA) is 14.1 Å². The van der Waals surface area contributed by atoms with Crippen molar-refractivity contribution < 1.29 is 0 Å². The zero-order chi connectivity index (χ0) is 6.97. The van der Waals surface area contributed by atoms with Crippen molar-refractivity contribution in [1.82, 2.24) is 5.32 Å². The fourth-order valence-corrected chi connectivity index (χ4v) is 1.94. The van der Waals surface area contributed by atoms with E-state index in [9.17, 15) is 0 Å². The number of rotatable bonds is 0. The molecule has 0 amide bonds.